The number of carbonyl (C=O) groups is 2. The first-order chi connectivity index (χ1) is 9.06. The molecular formula is C14H17NO4. The van der Waals surface area contributed by atoms with Gasteiger partial charge in [-0.05, 0) is 30.5 Å². The van der Waals surface area contributed by atoms with Gasteiger partial charge in [-0.25, -0.2) is 0 Å². The molecule has 5 heteroatoms. The molecule has 0 aliphatic carbocycles. The zero-order valence-corrected chi connectivity index (χ0v) is 10.6. The molecule has 5 nitrogen and oxygen atoms in total. The van der Waals surface area contributed by atoms with Gasteiger partial charge in [0, 0.05) is 12.6 Å². The van der Waals surface area contributed by atoms with Gasteiger partial charge in [-0.15, -0.1) is 0 Å². The number of carbonyl (C=O) groups excluding carboxylic acids is 1. The van der Waals surface area contributed by atoms with Crippen molar-refractivity contribution in [2.75, 3.05) is 6.54 Å². The molecule has 1 aliphatic rings. The number of hydrogen-bond acceptors (Lipinski definition) is 3. The van der Waals surface area contributed by atoms with Gasteiger partial charge < -0.3 is 15.1 Å². The average molecular weight is 263 g/mol. The van der Waals surface area contributed by atoms with Crippen molar-refractivity contribution in [3.05, 3.63) is 29.8 Å². The van der Waals surface area contributed by atoms with Gasteiger partial charge in [0.15, 0.2) is 0 Å². The van der Waals surface area contributed by atoms with Crippen LogP contribution in [0.4, 0.5) is 0 Å². The van der Waals surface area contributed by atoms with Gasteiger partial charge in [-0.1, -0.05) is 12.1 Å². The highest BCUT2D eigenvalue weighted by Gasteiger charge is 2.30. The van der Waals surface area contributed by atoms with Crippen molar-refractivity contribution in [3.63, 3.8) is 0 Å². The van der Waals surface area contributed by atoms with E-state index in [1.54, 1.807) is 29.2 Å². The fourth-order valence-corrected chi connectivity index (χ4v) is 2.47. The van der Waals surface area contributed by atoms with E-state index in [0.717, 1.165) is 18.4 Å². The number of rotatable bonds is 4. The van der Waals surface area contributed by atoms with E-state index < -0.39 is 5.97 Å². The third-order valence-electron chi connectivity index (χ3n) is 3.40. The maximum absolute atomic E-state index is 12.2. The van der Waals surface area contributed by atoms with E-state index in [-0.39, 0.29) is 30.5 Å². The topological polar surface area (TPSA) is 77.8 Å². The SMILES string of the molecule is O=C(O)CC1CCCN1C(=O)Cc1ccc(O)cc1. The summed E-state index contributed by atoms with van der Waals surface area (Å²) < 4.78 is 0. The Morgan fingerprint density at radius 2 is 1.95 bits per heavy atom. The number of phenolic OH excluding ortho intramolecular Hbond substituents is 1. The molecule has 2 N–H and O–H groups in total. The maximum Gasteiger partial charge on any atom is 0.305 e. The summed E-state index contributed by atoms with van der Waals surface area (Å²) in [5.41, 5.74) is 0.823. The molecule has 0 radical (unpaired) electrons. The van der Waals surface area contributed by atoms with E-state index in [1.807, 2.05) is 0 Å². The lowest BCUT2D eigenvalue weighted by molar-refractivity contribution is -0.139. The first kappa shape index (κ1) is 13.4. The van der Waals surface area contributed by atoms with Crippen LogP contribution in [0.1, 0.15) is 24.8 Å². The highest BCUT2D eigenvalue weighted by atomic mass is 16.4. The maximum atomic E-state index is 12.2. The molecule has 0 aromatic heterocycles. The fraction of sp³-hybridized carbons (Fsp3) is 0.429. The number of aromatic hydroxyl groups is 1. The van der Waals surface area contributed by atoms with E-state index >= 15 is 0 Å². The minimum atomic E-state index is -0.866. The second kappa shape index (κ2) is 5.73. The van der Waals surface area contributed by atoms with Crippen LogP contribution < -0.4 is 0 Å². The van der Waals surface area contributed by atoms with Gasteiger partial charge in [0.2, 0.25) is 5.91 Å². The van der Waals surface area contributed by atoms with Crippen molar-refractivity contribution in [2.24, 2.45) is 0 Å². The second-order valence-corrected chi connectivity index (χ2v) is 4.82. The average Bonchev–Trinajstić information content (AvgIpc) is 2.79. The fourth-order valence-electron chi connectivity index (χ4n) is 2.47. The summed E-state index contributed by atoms with van der Waals surface area (Å²) in [5, 5.41) is 18.0. The number of hydrogen-bond donors (Lipinski definition) is 2. The van der Waals surface area contributed by atoms with Gasteiger partial charge in [0.05, 0.1) is 12.8 Å². The highest BCUT2D eigenvalue weighted by molar-refractivity contribution is 5.80. The number of aliphatic carboxylic acids is 1. The molecule has 19 heavy (non-hydrogen) atoms. The molecule has 102 valence electrons. The van der Waals surface area contributed by atoms with Gasteiger partial charge in [-0.3, -0.25) is 9.59 Å². The third-order valence-corrected chi connectivity index (χ3v) is 3.40. The predicted molar refractivity (Wildman–Crippen MR) is 68.8 cm³/mol. The predicted octanol–water partition coefficient (Wildman–Crippen LogP) is 1.40. The Kier molecular flexibility index (Phi) is 4.04. The van der Waals surface area contributed by atoms with Crippen molar-refractivity contribution >= 4 is 11.9 Å². The number of likely N-dealkylation sites (tertiary alicyclic amines) is 1. The van der Waals surface area contributed by atoms with Crippen LogP contribution in [0.15, 0.2) is 24.3 Å². The molecule has 2 rings (SSSR count). The Labute approximate surface area is 111 Å². The van der Waals surface area contributed by atoms with E-state index in [0.29, 0.717) is 6.54 Å². The molecule has 1 amide bonds. The van der Waals surface area contributed by atoms with Crippen LogP contribution in [0, 0.1) is 0 Å². The van der Waals surface area contributed by atoms with Crippen LogP contribution in [0.3, 0.4) is 0 Å². The number of carboxylic acid groups (broad SMARTS) is 1. The third kappa shape index (κ3) is 3.47. The second-order valence-electron chi connectivity index (χ2n) is 4.82. The number of phenols is 1. The summed E-state index contributed by atoms with van der Waals surface area (Å²) in [6.07, 6.45) is 1.88. The lowest BCUT2D eigenvalue weighted by Crippen LogP contribution is -2.37. The summed E-state index contributed by atoms with van der Waals surface area (Å²) in [6.45, 7) is 0.634. The van der Waals surface area contributed by atoms with Gasteiger partial charge in [0.1, 0.15) is 5.75 Å². The van der Waals surface area contributed by atoms with E-state index in [4.69, 9.17) is 5.11 Å². The summed E-state index contributed by atoms with van der Waals surface area (Å²) >= 11 is 0. The van der Waals surface area contributed by atoms with E-state index in [9.17, 15) is 14.7 Å². The lowest BCUT2D eigenvalue weighted by atomic mass is 10.1. The number of benzene rings is 1. The summed E-state index contributed by atoms with van der Waals surface area (Å²) in [7, 11) is 0. The molecule has 1 heterocycles. The normalized spacial score (nSPS) is 18.5. The first-order valence-corrected chi connectivity index (χ1v) is 6.35. The molecule has 1 saturated heterocycles. The number of carboxylic acids is 1. The zero-order chi connectivity index (χ0) is 13.8. The minimum absolute atomic E-state index is 0.0152. The molecule has 1 fully saturated rings. The van der Waals surface area contributed by atoms with Gasteiger partial charge in [-0.2, -0.15) is 0 Å². The smallest absolute Gasteiger partial charge is 0.305 e. The molecule has 1 aromatic carbocycles. The number of nitrogens with zero attached hydrogens (tertiary/aromatic N) is 1. The van der Waals surface area contributed by atoms with Crippen molar-refractivity contribution in [2.45, 2.75) is 31.7 Å². The number of amides is 1. The van der Waals surface area contributed by atoms with Crippen molar-refractivity contribution in [3.8, 4) is 5.75 Å². The summed E-state index contributed by atoms with van der Waals surface area (Å²) in [5.74, 6) is -0.745. The Hall–Kier alpha value is -2.04. The molecule has 1 aliphatic heterocycles. The lowest BCUT2D eigenvalue weighted by Gasteiger charge is -2.23. The monoisotopic (exact) mass is 263 g/mol. The molecule has 0 saturated carbocycles. The van der Waals surface area contributed by atoms with Gasteiger partial charge in [0.25, 0.3) is 0 Å². The van der Waals surface area contributed by atoms with Gasteiger partial charge >= 0.3 is 5.97 Å². The van der Waals surface area contributed by atoms with Crippen LogP contribution in [0.2, 0.25) is 0 Å². The molecular weight excluding hydrogens is 246 g/mol. The Morgan fingerprint density at radius 3 is 2.58 bits per heavy atom. The Balaban J connectivity index is 1.98. The van der Waals surface area contributed by atoms with Crippen molar-refractivity contribution in [1.82, 2.24) is 4.90 Å². The van der Waals surface area contributed by atoms with Crippen LogP contribution >= 0.6 is 0 Å². The van der Waals surface area contributed by atoms with Crippen molar-refractivity contribution in [1.29, 1.82) is 0 Å². The first-order valence-electron chi connectivity index (χ1n) is 6.35. The van der Waals surface area contributed by atoms with Crippen LogP contribution in [0.5, 0.6) is 5.75 Å². The molecule has 1 atom stereocenters. The largest absolute Gasteiger partial charge is 0.508 e. The van der Waals surface area contributed by atoms with E-state index in [2.05, 4.69) is 0 Å². The Bertz CT molecular complexity index is 469. The van der Waals surface area contributed by atoms with Crippen LogP contribution in [-0.2, 0) is 16.0 Å². The van der Waals surface area contributed by atoms with Crippen LogP contribution in [0.25, 0.3) is 0 Å². The van der Waals surface area contributed by atoms with Crippen molar-refractivity contribution < 1.29 is 19.8 Å². The zero-order valence-electron chi connectivity index (χ0n) is 10.6. The Morgan fingerprint density at radius 1 is 1.26 bits per heavy atom. The molecule has 1 unspecified atom stereocenters. The van der Waals surface area contributed by atoms with Crippen LogP contribution in [-0.4, -0.2) is 39.6 Å². The summed E-state index contributed by atoms with van der Waals surface area (Å²) in [6, 6.07) is 6.32. The molecule has 0 spiro atoms. The van der Waals surface area contributed by atoms with E-state index in [1.165, 1.54) is 0 Å². The highest BCUT2D eigenvalue weighted by Crippen LogP contribution is 2.21. The summed E-state index contributed by atoms with van der Waals surface area (Å²) in [4.78, 5) is 24.6. The minimum Gasteiger partial charge on any atom is -0.508 e. The molecule has 1 aromatic rings. The standard InChI is InChI=1S/C14H17NO4/c16-12-5-3-10(4-6-12)8-13(17)15-7-1-2-11(15)9-14(18)19/h3-6,11,16H,1-2,7-9H2,(H,18,19). The molecule has 0 bridgehead atoms. The quantitative estimate of drug-likeness (QED) is 0.860.